The van der Waals surface area contributed by atoms with E-state index >= 15 is 0 Å². The van der Waals surface area contributed by atoms with Crippen LogP contribution in [0, 0.1) is 0 Å². The number of imidazole rings is 1. The Morgan fingerprint density at radius 3 is 2.95 bits per heavy atom. The number of rotatable bonds is 2. The molecule has 7 nitrogen and oxygen atoms in total. The van der Waals surface area contributed by atoms with Gasteiger partial charge in [-0.25, -0.2) is 18.5 Å². The lowest BCUT2D eigenvalue weighted by Crippen LogP contribution is -2.40. The third-order valence-electron chi connectivity index (χ3n) is 3.83. The molecule has 1 aromatic rings. The Morgan fingerprint density at radius 2 is 2.32 bits per heavy atom. The van der Waals surface area contributed by atoms with Crippen molar-refractivity contribution >= 4 is 10.0 Å². The first-order valence-electron chi connectivity index (χ1n) is 6.27. The van der Waals surface area contributed by atoms with Crippen LogP contribution in [0.3, 0.4) is 0 Å². The van der Waals surface area contributed by atoms with Gasteiger partial charge in [0.05, 0.1) is 18.5 Å². The quantitative estimate of drug-likeness (QED) is 0.828. The van der Waals surface area contributed by atoms with Gasteiger partial charge in [0.2, 0.25) is 0 Å². The minimum absolute atomic E-state index is 0.0873. The molecule has 0 bridgehead atoms. The smallest absolute Gasteiger partial charge is 0.257 e. The van der Waals surface area contributed by atoms with Crippen molar-refractivity contribution in [2.45, 2.75) is 35.9 Å². The molecule has 3 rings (SSSR count). The molecule has 0 amide bonds. The van der Waals surface area contributed by atoms with Crippen LogP contribution in [0.4, 0.5) is 0 Å². The number of nitrogens with zero attached hydrogens (tertiary/aromatic N) is 2. The fourth-order valence-corrected chi connectivity index (χ4v) is 3.25. The minimum Gasteiger partial charge on any atom is -0.378 e. The number of hydrogen-bond donors (Lipinski definition) is 1. The number of nitrogens with two attached hydrogens (primary N) is 1. The normalized spacial score (nSPS) is 31.9. The van der Waals surface area contributed by atoms with Crippen molar-refractivity contribution in [3.05, 3.63) is 12.5 Å². The summed E-state index contributed by atoms with van der Waals surface area (Å²) in [5.41, 5.74) is -0.213. The monoisotopic (exact) mass is 287 g/mol. The minimum atomic E-state index is -3.74. The molecule has 1 aromatic heterocycles. The van der Waals surface area contributed by atoms with Crippen LogP contribution in [0.5, 0.6) is 0 Å². The first-order chi connectivity index (χ1) is 8.99. The summed E-state index contributed by atoms with van der Waals surface area (Å²) in [4.78, 5) is 3.86. The van der Waals surface area contributed by atoms with Crippen molar-refractivity contribution < 1.29 is 17.9 Å². The lowest BCUT2D eigenvalue weighted by Gasteiger charge is -2.37. The van der Waals surface area contributed by atoms with Gasteiger partial charge in [-0.15, -0.1) is 0 Å². The first-order valence-corrected chi connectivity index (χ1v) is 7.81. The van der Waals surface area contributed by atoms with Crippen molar-refractivity contribution in [3.8, 4) is 0 Å². The number of ether oxygens (including phenoxy) is 2. The van der Waals surface area contributed by atoms with Crippen molar-refractivity contribution in [2.24, 2.45) is 5.14 Å². The topological polar surface area (TPSA) is 96.4 Å². The molecule has 3 heterocycles. The molecule has 2 aliphatic rings. The van der Waals surface area contributed by atoms with Crippen molar-refractivity contribution in [2.75, 3.05) is 19.8 Å². The van der Waals surface area contributed by atoms with E-state index in [4.69, 9.17) is 14.6 Å². The second-order valence-electron chi connectivity index (χ2n) is 5.18. The largest absolute Gasteiger partial charge is 0.378 e. The average molecular weight is 287 g/mol. The Hall–Kier alpha value is -0.960. The third kappa shape index (κ3) is 2.53. The fourth-order valence-electron chi connectivity index (χ4n) is 2.78. The highest BCUT2D eigenvalue weighted by Crippen LogP contribution is 2.38. The van der Waals surface area contributed by atoms with Gasteiger partial charge in [-0.1, -0.05) is 0 Å². The van der Waals surface area contributed by atoms with Crippen LogP contribution >= 0.6 is 0 Å². The van der Waals surface area contributed by atoms with Crippen LogP contribution in [0.2, 0.25) is 0 Å². The summed E-state index contributed by atoms with van der Waals surface area (Å²) in [7, 11) is -3.74. The van der Waals surface area contributed by atoms with Crippen molar-refractivity contribution in [1.82, 2.24) is 9.55 Å². The lowest BCUT2D eigenvalue weighted by molar-refractivity contribution is -0.0948. The maximum absolute atomic E-state index is 11.2. The molecule has 0 aliphatic carbocycles. The zero-order valence-corrected chi connectivity index (χ0v) is 11.3. The Morgan fingerprint density at radius 1 is 1.47 bits per heavy atom. The van der Waals surface area contributed by atoms with Gasteiger partial charge in [-0.3, -0.25) is 0 Å². The average Bonchev–Trinajstić information content (AvgIpc) is 2.98. The first kappa shape index (κ1) is 13.0. The molecule has 2 N–H and O–H groups in total. The highest BCUT2D eigenvalue weighted by atomic mass is 32.2. The summed E-state index contributed by atoms with van der Waals surface area (Å²) in [5, 5.41) is 4.98. The van der Waals surface area contributed by atoms with Crippen molar-refractivity contribution in [1.29, 1.82) is 0 Å². The molecule has 19 heavy (non-hydrogen) atoms. The third-order valence-corrected chi connectivity index (χ3v) is 4.62. The molecule has 0 saturated carbocycles. The van der Waals surface area contributed by atoms with Crippen LogP contribution in [0.15, 0.2) is 17.6 Å². The van der Waals surface area contributed by atoms with E-state index in [2.05, 4.69) is 4.98 Å². The highest BCUT2D eigenvalue weighted by molar-refractivity contribution is 7.89. The molecule has 106 valence electrons. The summed E-state index contributed by atoms with van der Waals surface area (Å²) in [5.74, 6) is 0. The van der Waals surface area contributed by atoms with Crippen LogP contribution in [-0.2, 0) is 19.5 Å². The Balaban J connectivity index is 1.80. The molecule has 1 spiro atoms. The second kappa shape index (κ2) is 4.55. The van der Waals surface area contributed by atoms with Crippen LogP contribution in [0.1, 0.15) is 25.3 Å². The maximum atomic E-state index is 11.2. The SMILES string of the molecule is NS(=O)(=O)c1cn(C2CCOC3(CCOC3)C2)cn1. The summed E-state index contributed by atoms with van der Waals surface area (Å²) in [6.45, 7) is 1.98. The lowest BCUT2D eigenvalue weighted by atomic mass is 9.89. The second-order valence-corrected chi connectivity index (χ2v) is 6.69. The molecule has 2 saturated heterocycles. The van der Waals surface area contributed by atoms with Gasteiger partial charge >= 0.3 is 0 Å². The van der Waals surface area contributed by atoms with E-state index in [0.29, 0.717) is 13.2 Å². The zero-order valence-electron chi connectivity index (χ0n) is 10.5. The van der Waals surface area contributed by atoms with Crippen LogP contribution in [0.25, 0.3) is 0 Å². The van der Waals surface area contributed by atoms with Gasteiger partial charge in [0, 0.05) is 31.9 Å². The van der Waals surface area contributed by atoms with Gasteiger partial charge < -0.3 is 14.0 Å². The molecule has 2 atom stereocenters. The highest BCUT2D eigenvalue weighted by Gasteiger charge is 2.41. The molecular weight excluding hydrogens is 270 g/mol. The van der Waals surface area contributed by atoms with E-state index in [1.54, 1.807) is 0 Å². The van der Waals surface area contributed by atoms with Crippen LogP contribution < -0.4 is 5.14 Å². The van der Waals surface area contributed by atoms with Gasteiger partial charge in [0.25, 0.3) is 10.0 Å². The standard InChI is InChI=1S/C11H17N3O4S/c12-19(15,16)10-6-14(8-13-10)9-1-3-18-11(5-9)2-4-17-7-11/h6,8-9H,1-5,7H2,(H2,12,15,16). The summed E-state index contributed by atoms with van der Waals surface area (Å²) >= 11 is 0. The molecule has 2 unspecified atom stereocenters. The Bertz CT molecular complexity index is 562. The summed E-state index contributed by atoms with van der Waals surface area (Å²) in [6, 6.07) is 0.179. The predicted octanol–water partition coefficient (Wildman–Crippen LogP) is 0.0411. The predicted molar refractivity (Wildman–Crippen MR) is 66.0 cm³/mol. The molecule has 2 aliphatic heterocycles. The molecule has 8 heteroatoms. The van der Waals surface area contributed by atoms with E-state index < -0.39 is 10.0 Å². The molecule has 2 fully saturated rings. The van der Waals surface area contributed by atoms with Crippen LogP contribution in [-0.4, -0.2) is 43.4 Å². The van der Waals surface area contributed by atoms with E-state index in [1.165, 1.54) is 12.5 Å². The number of primary sulfonamides is 1. The number of hydrogen-bond acceptors (Lipinski definition) is 5. The van der Waals surface area contributed by atoms with E-state index in [0.717, 1.165) is 25.9 Å². The van der Waals surface area contributed by atoms with Crippen molar-refractivity contribution in [3.63, 3.8) is 0 Å². The maximum Gasteiger partial charge on any atom is 0.257 e. The fraction of sp³-hybridized carbons (Fsp3) is 0.727. The van der Waals surface area contributed by atoms with Gasteiger partial charge in [0.1, 0.15) is 0 Å². The molecule has 0 radical (unpaired) electrons. The van der Waals surface area contributed by atoms with Gasteiger partial charge in [-0.05, 0) is 12.8 Å². The summed E-state index contributed by atoms with van der Waals surface area (Å²) < 4.78 is 35.6. The van der Waals surface area contributed by atoms with Gasteiger partial charge in [0.15, 0.2) is 5.03 Å². The van der Waals surface area contributed by atoms with E-state index in [1.807, 2.05) is 4.57 Å². The van der Waals surface area contributed by atoms with Gasteiger partial charge in [-0.2, -0.15) is 0 Å². The zero-order chi connectivity index (χ0) is 13.5. The number of aromatic nitrogens is 2. The number of sulfonamides is 1. The Kier molecular flexibility index (Phi) is 3.12. The van der Waals surface area contributed by atoms with E-state index in [-0.39, 0.29) is 16.7 Å². The summed E-state index contributed by atoms with van der Waals surface area (Å²) in [6.07, 6.45) is 5.56. The Labute approximate surface area is 111 Å². The van der Waals surface area contributed by atoms with E-state index in [9.17, 15) is 8.42 Å². The molecular formula is C11H17N3O4S. The molecule has 0 aromatic carbocycles.